The van der Waals surface area contributed by atoms with E-state index in [9.17, 15) is 0 Å². The number of hydrogen-bond acceptors (Lipinski definition) is 3. The average molecular weight is 171 g/mol. The topological polar surface area (TPSA) is 26.0 Å². The monoisotopic (exact) mass is 171 g/mol. The van der Waals surface area contributed by atoms with Crippen molar-refractivity contribution in [3.8, 4) is 0 Å². The van der Waals surface area contributed by atoms with E-state index in [4.69, 9.17) is 4.42 Å². The van der Waals surface area contributed by atoms with Crippen molar-refractivity contribution in [3.63, 3.8) is 0 Å². The maximum Gasteiger partial charge on any atom is 0.253 e. The molecule has 1 aromatic carbocycles. The Hall–Kier alpha value is -1.03. The van der Waals surface area contributed by atoms with E-state index < -0.39 is 0 Å². The lowest BCUT2D eigenvalue weighted by Crippen LogP contribution is -1.63. The van der Waals surface area contributed by atoms with Crippen molar-refractivity contribution in [2.75, 3.05) is 0 Å². The van der Waals surface area contributed by atoms with Crippen molar-refractivity contribution in [3.05, 3.63) is 24.3 Å². The van der Waals surface area contributed by atoms with Crippen LogP contribution in [0.4, 0.5) is 4.70 Å². The van der Waals surface area contributed by atoms with Crippen LogP contribution in [0.1, 0.15) is 0 Å². The molecule has 0 spiro atoms. The first-order valence-electron chi connectivity index (χ1n) is 2.91. The van der Waals surface area contributed by atoms with Gasteiger partial charge in [0.15, 0.2) is 5.58 Å². The predicted octanol–water partition coefficient (Wildman–Crippen LogP) is 2.27. The van der Waals surface area contributed by atoms with Crippen LogP contribution in [-0.4, -0.2) is 4.98 Å². The highest BCUT2D eigenvalue weighted by atomic mass is 32.1. The zero-order valence-corrected chi connectivity index (χ0v) is 6.41. The minimum Gasteiger partial charge on any atom is -0.432 e. The summed E-state index contributed by atoms with van der Waals surface area (Å²) in [5.41, 5.74) is 1.64. The zero-order valence-electron chi connectivity index (χ0n) is 5.52. The van der Waals surface area contributed by atoms with E-state index in [0.29, 0.717) is 5.22 Å². The number of rotatable bonds is 0. The van der Waals surface area contributed by atoms with E-state index in [0.717, 1.165) is 11.1 Å². The molecule has 0 fully saturated rings. The average Bonchev–Trinajstić information content (AvgIpc) is 2.27. The molecule has 2 rings (SSSR count). The largest absolute Gasteiger partial charge is 0.432 e. The van der Waals surface area contributed by atoms with Crippen molar-refractivity contribution in [1.82, 2.24) is 4.98 Å². The van der Waals surface area contributed by atoms with Gasteiger partial charge in [-0.25, -0.2) is 4.98 Å². The highest BCUT2D eigenvalue weighted by Gasteiger charge is 1.97. The first kappa shape index (κ1) is 8.07. The van der Waals surface area contributed by atoms with Crippen molar-refractivity contribution >= 4 is 23.7 Å². The van der Waals surface area contributed by atoms with Crippen LogP contribution < -0.4 is 0 Å². The van der Waals surface area contributed by atoms with Crippen molar-refractivity contribution in [1.29, 1.82) is 0 Å². The molecular formula is C7H6FNOS. The lowest BCUT2D eigenvalue weighted by atomic mass is 10.3. The Morgan fingerprint density at radius 3 is 2.73 bits per heavy atom. The molecule has 1 heterocycles. The Labute approximate surface area is 68.0 Å². The summed E-state index contributed by atoms with van der Waals surface area (Å²) in [5, 5.41) is 0.418. The second kappa shape index (κ2) is 2.92. The summed E-state index contributed by atoms with van der Waals surface area (Å²) in [4.78, 5) is 4.01. The number of para-hydroxylation sites is 2. The van der Waals surface area contributed by atoms with Crippen LogP contribution in [0.25, 0.3) is 11.1 Å². The molecule has 2 nitrogen and oxygen atoms in total. The molecule has 0 atom stereocenters. The number of nitrogens with zero attached hydrogens (tertiary/aromatic N) is 1. The molecule has 0 saturated carbocycles. The number of oxazole rings is 1. The molecule has 0 unspecified atom stereocenters. The van der Waals surface area contributed by atoms with Gasteiger partial charge < -0.3 is 4.42 Å². The fraction of sp³-hybridized carbons (Fsp3) is 0. The van der Waals surface area contributed by atoms with Crippen LogP contribution in [0.5, 0.6) is 0 Å². The molecule has 0 amide bonds. The molecule has 0 aliphatic carbocycles. The maximum atomic E-state index is 5.12. The second-order valence-corrected chi connectivity index (χ2v) is 2.35. The first-order valence-corrected chi connectivity index (χ1v) is 3.35. The standard InChI is InChI=1S/C7H5NOS.FH/c10-7-8-5-3-1-2-4-6(5)9-7;/h1-4H,(H,8,10);1H. The van der Waals surface area contributed by atoms with Gasteiger partial charge >= 0.3 is 0 Å². The Balaban J connectivity index is 0.000000605. The van der Waals surface area contributed by atoms with Crippen LogP contribution in [0.2, 0.25) is 0 Å². The van der Waals surface area contributed by atoms with Gasteiger partial charge in [0, 0.05) is 0 Å². The minimum absolute atomic E-state index is 0. The van der Waals surface area contributed by atoms with Crippen LogP contribution in [0.15, 0.2) is 33.9 Å². The van der Waals surface area contributed by atoms with Crippen molar-refractivity contribution in [2.24, 2.45) is 0 Å². The summed E-state index contributed by atoms with van der Waals surface area (Å²) in [6.45, 7) is 0. The smallest absolute Gasteiger partial charge is 0.253 e. The highest BCUT2D eigenvalue weighted by Crippen LogP contribution is 2.15. The van der Waals surface area contributed by atoms with Crippen LogP contribution in [0.3, 0.4) is 0 Å². The van der Waals surface area contributed by atoms with Gasteiger partial charge in [-0.2, -0.15) is 0 Å². The molecule has 0 aliphatic heterocycles. The summed E-state index contributed by atoms with van der Waals surface area (Å²) < 4.78 is 5.12. The van der Waals surface area contributed by atoms with E-state index in [2.05, 4.69) is 17.6 Å². The molecule has 2 aromatic rings. The fourth-order valence-corrected chi connectivity index (χ4v) is 1.07. The molecule has 0 saturated heterocycles. The molecular weight excluding hydrogens is 165 g/mol. The van der Waals surface area contributed by atoms with E-state index >= 15 is 0 Å². The Bertz CT molecular complexity index is 327. The molecule has 58 valence electrons. The zero-order chi connectivity index (χ0) is 6.97. The molecule has 0 aliphatic rings. The lowest BCUT2D eigenvalue weighted by molar-refractivity contribution is 0.492. The van der Waals surface area contributed by atoms with Crippen molar-refractivity contribution in [2.45, 2.75) is 5.22 Å². The van der Waals surface area contributed by atoms with Gasteiger partial charge in [0.2, 0.25) is 0 Å². The highest BCUT2D eigenvalue weighted by molar-refractivity contribution is 7.80. The van der Waals surface area contributed by atoms with E-state index in [1.54, 1.807) is 0 Å². The molecule has 0 N–H and O–H groups in total. The van der Waals surface area contributed by atoms with Crippen molar-refractivity contribution < 1.29 is 9.12 Å². The Morgan fingerprint density at radius 1 is 1.27 bits per heavy atom. The Kier molecular flexibility index (Phi) is 2.14. The third-order valence-corrected chi connectivity index (χ3v) is 1.47. The molecule has 4 heteroatoms. The van der Waals surface area contributed by atoms with Crippen LogP contribution >= 0.6 is 12.6 Å². The Morgan fingerprint density at radius 2 is 2.00 bits per heavy atom. The van der Waals surface area contributed by atoms with Crippen LogP contribution in [-0.2, 0) is 0 Å². The van der Waals surface area contributed by atoms with E-state index in [-0.39, 0.29) is 4.70 Å². The van der Waals surface area contributed by atoms with Gasteiger partial charge in [-0.3, -0.25) is 4.70 Å². The molecule has 0 radical (unpaired) electrons. The maximum absolute atomic E-state index is 5.12. The number of fused-ring (bicyclic) bond motifs is 1. The lowest BCUT2D eigenvalue weighted by Gasteiger charge is -1.79. The second-order valence-electron chi connectivity index (χ2n) is 1.96. The van der Waals surface area contributed by atoms with Gasteiger partial charge in [0.1, 0.15) is 5.52 Å². The molecule has 0 bridgehead atoms. The summed E-state index contributed by atoms with van der Waals surface area (Å²) in [6, 6.07) is 7.57. The first-order chi connectivity index (χ1) is 4.86. The summed E-state index contributed by atoms with van der Waals surface area (Å²) in [7, 11) is 0. The number of thiol groups is 1. The minimum atomic E-state index is 0. The van der Waals surface area contributed by atoms with Crippen LogP contribution in [0, 0.1) is 0 Å². The molecule has 1 aromatic heterocycles. The van der Waals surface area contributed by atoms with Gasteiger partial charge in [-0.05, 0) is 12.1 Å². The number of aromatic nitrogens is 1. The fourth-order valence-electron chi connectivity index (χ4n) is 0.860. The SMILES string of the molecule is F.Sc1nc2ccccc2o1. The third kappa shape index (κ3) is 1.35. The number of benzene rings is 1. The van der Waals surface area contributed by atoms with Gasteiger partial charge in [0.25, 0.3) is 5.22 Å². The number of halogens is 1. The van der Waals surface area contributed by atoms with E-state index in [1.165, 1.54) is 0 Å². The quantitative estimate of drug-likeness (QED) is 0.615. The summed E-state index contributed by atoms with van der Waals surface area (Å²) >= 11 is 3.97. The van der Waals surface area contributed by atoms with Gasteiger partial charge in [-0.15, -0.1) is 0 Å². The normalized spacial score (nSPS) is 9.55. The molecule has 11 heavy (non-hydrogen) atoms. The predicted molar refractivity (Wildman–Crippen MR) is 43.8 cm³/mol. The van der Waals surface area contributed by atoms with Gasteiger partial charge in [-0.1, -0.05) is 24.8 Å². The van der Waals surface area contributed by atoms with E-state index in [1.807, 2.05) is 24.3 Å². The number of hydrogen-bond donors (Lipinski definition) is 1. The third-order valence-electron chi connectivity index (χ3n) is 1.28. The van der Waals surface area contributed by atoms with Gasteiger partial charge in [0.05, 0.1) is 0 Å². The summed E-state index contributed by atoms with van der Waals surface area (Å²) in [6.07, 6.45) is 0. The summed E-state index contributed by atoms with van der Waals surface area (Å²) in [5.74, 6) is 0.